The SMILES string of the molecule is CCCC1=CNC(Cl)=CC1. The molecule has 0 unspecified atom stereocenters. The van der Waals surface area contributed by atoms with Gasteiger partial charge in [0.15, 0.2) is 0 Å². The van der Waals surface area contributed by atoms with Crippen LogP contribution in [0.15, 0.2) is 23.0 Å². The van der Waals surface area contributed by atoms with Crippen LogP contribution in [0, 0.1) is 0 Å². The van der Waals surface area contributed by atoms with Gasteiger partial charge in [0.05, 0.1) is 0 Å². The Hall–Kier alpha value is -0.430. The van der Waals surface area contributed by atoms with Gasteiger partial charge in [-0.1, -0.05) is 30.5 Å². The Kier molecular flexibility index (Phi) is 2.82. The second-order valence-electron chi connectivity index (χ2n) is 2.45. The molecule has 0 aromatic heterocycles. The molecule has 0 radical (unpaired) electrons. The van der Waals surface area contributed by atoms with Crippen LogP contribution in [-0.4, -0.2) is 0 Å². The molecule has 56 valence electrons. The molecule has 0 amide bonds. The zero-order valence-electron chi connectivity index (χ0n) is 6.15. The lowest BCUT2D eigenvalue weighted by atomic mass is 10.1. The van der Waals surface area contributed by atoms with Crippen LogP contribution in [-0.2, 0) is 0 Å². The minimum absolute atomic E-state index is 0.750. The van der Waals surface area contributed by atoms with Crippen LogP contribution < -0.4 is 5.32 Å². The first-order valence-corrected chi connectivity index (χ1v) is 4.01. The van der Waals surface area contributed by atoms with Gasteiger partial charge in [-0.15, -0.1) is 0 Å². The summed E-state index contributed by atoms with van der Waals surface area (Å²) >= 11 is 5.69. The van der Waals surface area contributed by atoms with Gasteiger partial charge in [-0.25, -0.2) is 0 Å². The third-order valence-corrected chi connectivity index (χ3v) is 1.79. The molecule has 10 heavy (non-hydrogen) atoms. The van der Waals surface area contributed by atoms with E-state index in [9.17, 15) is 0 Å². The molecule has 1 N–H and O–H groups in total. The van der Waals surface area contributed by atoms with Crippen LogP contribution in [0.3, 0.4) is 0 Å². The molecule has 0 saturated heterocycles. The van der Waals surface area contributed by atoms with Gasteiger partial charge in [0.25, 0.3) is 0 Å². The predicted molar refractivity (Wildman–Crippen MR) is 44.7 cm³/mol. The second kappa shape index (κ2) is 3.67. The summed E-state index contributed by atoms with van der Waals surface area (Å²) in [7, 11) is 0. The Bertz CT molecular complexity index is 170. The number of rotatable bonds is 2. The molecular weight excluding hydrogens is 146 g/mol. The molecule has 1 rings (SSSR count). The van der Waals surface area contributed by atoms with Crippen LogP contribution in [0.25, 0.3) is 0 Å². The van der Waals surface area contributed by atoms with Gasteiger partial charge in [0, 0.05) is 6.20 Å². The fourth-order valence-electron chi connectivity index (χ4n) is 1.00. The van der Waals surface area contributed by atoms with Crippen LogP contribution in [0.4, 0.5) is 0 Å². The van der Waals surface area contributed by atoms with E-state index in [-0.39, 0.29) is 0 Å². The number of hydrogen-bond acceptors (Lipinski definition) is 1. The van der Waals surface area contributed by atoms with Crippen molar-refractivity contribution in [2.24, 2.45) is 0 Å². The highest BCUT2D eigenvalue weighted by Crippen LogP contribution is 2.15. The molecule has 1 aliphatic heterocycles. The highest BCUT2D eigenvalue weighted by molar-refractivity contribution is 6.29. The number of hydrogen-bond donors (Lipinski definition) is 1. The minimum atomic E-state index is 0.750. The van der Waals surface area contributed by atoms with E-state index >= 15 is 0 Å². The van der Waals surface area contributed by atoms with Crippen molar-refractivity contribution in [1.29, 1.82) is 0 Å². The molecule has 0 saturated carbocycles. The van der Waals surface area contributed by atoms with Gasteiger partial charge in [0.2, 0.25) is 0 Å². The largest absolute Gasteiger partial charge is 0.353 e. The molecule has 1 nitrogen and oxygen atoms in total. The Balaban J connectivity index is 2.38. The van der Waals surface area contributed by atoms with E-state index in [1.165, 1.54) is 18.4 Å². The first-order valence-electron chi connectivity index (χ1n) is 3.63. The van der Waals surface area contributed by atoms with Crippen molar-refractivity contribution in [2.45, 2.75) is 26.2 Å². The Morgan fingerprint density at radius 3 is 3.00 bits per heavy atom. The summed E-state index contributed by atoms with van der Waals surface area (Å²) in [6.45, 7) is 2.18. The molecule has 2 heteroatoms. The molecule has 0 fully saturated rings. The van der Waals surface area contributed by atoms with Crippen LogP contribution in [0.5, 0.6) is 0 Å². The Morgan fingerprint density at radius 2 is 2.50 bits per heavy atom. The number of dihydropyridines is 1. The summed E-state index contributed by atoms with van der Waals surface area (Å²) in [4.78, 5) is 0. The average Bonchev–Trinajstić information content (AvgIpc) is 1.95. The van der Waals surface area contributed by atoms with Gasteiger partial charge < -0.3 is 5.32 Å². The molecule has 0 aromatic rings. The first-order chi connectivity index (χ1) is 4.83. The van der Waals surface area contributed by atoms with Gasteiger partial charge >= 0.3 is 0 Å². The third-order valence-electron chi connectivity index (χ3n) is 1.53. The van der Waals surface area contributed by atoms with E-state index in [0.717, 1.165) is 11.6 Å². The molecule has 0 aliphatic carbocycles. The summed E-state index contributed by atoms with van der Waals surface area (Å²) in [5, 5.41) is 3.73. The molecule has 1 aliphatic rings. The fourth-order valence-corrected chi connectivity index (χ4v) is 1.14. The number of nitrogens with one attached hydrogen (secondary N) is 1. The van der Waals surface area contributed by atoms with Gasteiger partial charge in [-0.2, -0.15) is 0 Å². The minimum Gasteiger partial charge on any atom is -0.353 e. The topological polar surface area (TPSA) is 12.0 Å². The highest BCUT2D eigenvalue weighted by atomic mass is 35.5. The van der Waals surface area contributed by atoms with E-state index in [4.69, 9.17) is 11.6 Å². The maximum atomic E-state index is 5.69. The van der Waals surface area contributed by atoms with Crippen molar-refractivity contribution in [1.82, 2.24) is 5.32 Å². The van der Waals surface area contributed by atoms with Crippen LogP contribution in [0.1, 0.15) is 26.2 Å². The maximum Gasteiger partial charge on any atom is 0.102 e. The lowest BCUT2D eigenvalue weighted by Crippen LogP contribution is -2.05. The zero-order chi connectivity index (χ0) is 7.40. The highest BCUT2D eigenvalue weighted by Gasteiger charge is 2.00. The summed E-state index contributed by atoms with van der Waals surface area (Å²) in [6, 6.07) is 0. The molecule has 0 bridgehead atoms. The van der Waals surface area contributed by atoms with Crippen molar-refractivity contribution in [3.63, 3.8) is 0 Å². The van der Waals surface area contributed by atoms with E-state index in [1.807, 2.05) is 12.3 Å². The Morgan fingerprint density at radius 1 is 1.70 bits per heavy atom. The van der Waals surface area contributed by atoms with Crippen molar-refractivity contribution >= 4 is 11.6 Å². The van der Waals surface area contributed by atoms with Gasteiger partial charge in [-0.05, 0) is 18.9 Å². The van der Waals surface area contributed by atoms with E-state index in [2.05, 4.69) is 12.2 Å². The monoisotopic (exact) mass is 157 g/mol. The predicted octanol–water partition coefficient (Wildman–Crippen LogP) is 2.74. The number of allylic oxidation sites excluding steroid dienone is 2. The summed E-state index contributed by atoms with van der Waals surface area (Å²) in [5.41, 5.74) is 1.44. The number of halogens is 1. The average molecular weight is 158 g/mol. The molecule has 0 spiro atoms. The lowest BCUT2D eigenvalue weighted by Gasteiger charge is -2.09. The molecule has 1 heterocycles. The molecule has 0 aromatic carbocycles. The third kappa shape index (κ3) is 2.07. The summed E-state index contributed by atoms with van der Waals surface area (Å²) in [5.74, 6) is 0. The summed E-state index contributed by atoms with van der Waals surface area (Å²) in [6.07, 6.45) is 7.41. The van der Waals surface area contributed by atoms with Crippen molar-refractivity contribution in [3.8, 4) is 0 Å². The second-order valence-corrected chi connectivity index (χ2v) is 2.86. The van der Waals surface area contributed by atoms with Crippen molar-refractivity contribution in [3.05, 3.63) is 23.0 Å². The Labute approximate surface area is 66.8 Å². The van der Waals surface area contributed by atoms with Crippen LogP contribution in [0.2, 0.25) is 0 Å². The quantitative estimate of drug-likeness (QED) is 0.608. The first kappa shape index (κ1) is 7.67. The van der Waals surface area contributed by atoms with Gasteiger partial charge in [0.1, 0.15) is 5.16 Å². The van der Waals surface area contributed by atoms with E-state index < -0.39 is 0 Å². The summed E-state index contributed by atoms with van der Waals surface area (Å²) < 4.78 is 0. The smallest absolute Gasteiger partial charge is 0.102 e. The van der Waals surface area contributed by atoms with Crippen molar-refractivity contribution in [2.75, 3.05) is 0 Å². The lowest BCUT2D eigenvalue weighted by molar-refractivity contribution is 0.849. The fraction of sp³-hybridized carbons (Fsp3) is 0.500. The molecular formula is C8H12ClN. The van der Waals surface area contributed by atoms with E-state index in [1.54, 1.807) is 0 Å². The van der Waals surface area contributed by atoms with Crippen molar-refractivity contribution < 1.29 is 0 Å². The standard InChI is InChI=1S/C8H12ClN/c1-2-3-7-4-5-8(9)10-6-7/h5-6,10H,2-4H2,1H3. The molecule has 0 atom stereocenters. The van der Waals surface area contributed by atoms with Gasteiger partial charge in [-0.3, -0.25) is 0 Å². The van der Waals surface area contributed by atoms with E-state index in [0.29, 0.717) is 0 Å². The normalized spacial score (nSPS) is 17.4. The zero-order valence-corrected chi connectivity index (χ0v) is 6.91. The van der Waals surface area contributed by atoms with Crippen LogP contribution >= 0.6 is 11.6 Å². The maximum absolute atomic E-state index is 5.69.